The van der Waals surface area contributed by atoms with Gasteiger partial charge in [0.1, 0.15) is 6.04 Å². The number of phosphoric acid groups is 1. The Morgan fingerprint density at radius 3 is 2.53 bits per heavy atom. The van der Waals surface area contributed by atoms with Crippen molar-refractivity contribution in [2.45, 2.75) is 58.9 Å². The third-order valence-electron chi connectivity index (χ3n) is 4.64. The van der Waals surface area contributed by atoms with Gasteiger partial charge >= 0.3 is 13.8 Å². The number of carbonyl (C=O) groups excluding carboxylic acids is 1. The van der Waals surface area contributed by atoms with Crippen molar-refractivity contribution in [2.75, 3.05) is 13.6 Å². The second-order valence-electron chi connectivity index (χ2n) is 7.93. The Morgan fingerprint density at radius 2 is 1.91 bits per heavy atom. The highest BCUT2D eigenvalue weighted by molar-refractivity contribution is 7.49. The first kappa shape index (κ1) is 21.1. The number of esters is 1. The van der Waals surface area contributed by atoms with E-state index in [2.05, 4.69) is 0 Å². The highest BCUT2D eigenvalue weighted by atomic mass is 35.5. The van der Waals surface area contributed by atoms with Crippen LogP contribution in [0, 0.1) is 0 Å². The van der Waals surface area contributed by atoms with Gasteiger partial charge in [-0.05, 0) is 57.4 Å². The molecule has 0 bridgehead atoms. The van der Waals surface area contributed by atoms with Gasteiger partial charge in [-0.3, -0.25) is 13.9 Å². The molecular formula is C22H29ClNO6PS. The van der Waals surface area contributed by atoms with Gasteiger partial charge in [0, 0.05) is 23.0 Å². The van der Waals surface area contributed by atoms with E-state index in [9.17, 15) is 9.36 Å². The molecule has 10 heteroatoms. The van der Waals surface area contributed by atoms with Crippen molar-refractivity contribution in [3.63, 3.8) is 0 Å². The molecule has 2 aromatic rings. The number of carbonyl (C=O) groups is 1. The van der Waals surface area contributed by atoms with E-state index in [1.807, 2.05) is 4.90 Å². The Morgan fingerprint density at radius 1 is 1.22 bits per heavy atom. The minimum atomic E-state index is -3.85. The average molecular weight is 505 g/mol. The normalized spacial score (nSPS) is 17.4. The molecule has 0 unspecified atom stereocenters. The smallest absolute Gasteiger partial charge is 0.468 e. The van der Waals surface area contributed by atoms with Gasteiger partial charge < -0.3 is 9.26 Å². The Balaban J connectivity index is 1.87. The lowest BCUT2D eigenvalue weighted by Crippen LogP contribution is -2.38. The summed E-state index contributed by atoms with van der Waals surface area (Å²) in [7, 11) is -6.73. The summed E-state index contributed by atoms with van der Waals surface area (Å²) in [4.78, 5) is 15.8. The van der Waals surface area contributed by atoms with Crippen LogP contribution in [-0.2, 0) is 36.1 Å². The van der Waals surface area contributed by atoms with Crippen molar-refractivity contribution >= 4 is 36.7 Å². The van der Waals surface area contributed by atoms with Gasteiger partial charge in [0.05, 0.1) is 23.4 Å². The second kappa shape index (κ2) is 10.7. The number of hydrogen-bond acceptors (Lipinski definition) is 8. The van der Waals surface area contributed by atoms with Crippen molar-refractivity contribution in [1.82, 2.24) is 4.90 Å². The third kappa shape index (κ3) is 6.13. The molecule has 32 heavy (non-hydrogen) atoms. The molecule has 0 saturated heterocycles. The van der Waals surface area contributed by atoms with Crippen molar-refractivity contribution in [3.8, 4) is 5.06 Å². The molecule has 2 heterocycles. The maximum absolute atomic E-state index is 13.1. The summed E-state index contributed by atoms with van der Waals surface area (Å²) in [6, 6.07) is 7.49. The number of nitrogens with zero attached hydrogens (tertiary/aromatic N) is 1. The number of benzene rings is 1. The van der Waals surface area contributed by atoms with Gasteiger partial charge in [-0.1, -0.05) is 29.8 Å². The lowest BCUT2D eigenvalue weighted by Gasteiger charge is -2.33. The molecule has 1 aromatic carbocycles. The standard InChI is InChI=1S/C22H29ClNO6PS/c1-14(2)28-31(26,29-15(3)4)30-20-12-16-13-24(11-10-19(16)32-20)21(22(25)27-5)17-8-6-7-9-18(17)23/h6-9,12,14-15,21H,10-11,13H2,1-5H3/t21-/m0/s1/i5D3. The minimum absolute atomic E-state index is 0.307. The Bertz CT molecular complexity index is 1080. The van der Waals surface area contributed by atoms with Crippen LogP contribution >= 0.6 is 30.8 Å². The monoisotopic (exact) mass is 504 g/mol. The van der Waals surface area contributed by atoms with Crippen molar-refractivity contribution in [1.29, 1.82) is 0 Å². The molecule has 1 aromatic heterocycles. The van der Waals surface area contributed by atoms with Crippen molar-refractivity contribution < 1.29 is 31.8 Å². The quantitative estimate of drug-likeness (QED) is 0.306. The number of hydrogen-bond donors (Lipinski definition) is 0. The van der Waals surface area contributed by atoms with E-state index in [4.69, 9.17) is 34.0 Å². The maximum atomic E-state index is 13.1. The number of halogens is 1. The highest BCUT2D eigenvalue weighted by Crippen LogP contribution is 2.53. The van der Waals surface area contributed by atoms with E-state index >= 15 is 0 Å². The first-order valence-corrected chi connectivity index (χ1v) is 12.9. The van der Waals surface area contributed by atoms with Gasteiger partial charge in [-0.2, -0.15) is 0 Å². The summed E-state index contributed by atoms with van der Waals surface area (Å²) in [6.07, 6.45) is -0.179. The molecule has 1 aliphatic rings. The molecule has 0 amide bonds. The molecule has 7 nitrogen and oxygen atoms in total. The van der Waals surface area contributed by atoms with E-state index in [1.54, 1.807) is 58.0 Å². The van der Waals surface area contributed by atoms with Crippen LogP contribution in [0.2, 0.25) is 5.02 Å². The van der Waals surface area contributed by atoms with Gasteiger partial charge in [0.2, 0.25) is 0 Å². The van der Waals surface area contributed by atoms with Crippen molar-refractivity contribution in [2.24, 2.45) is 0 Å². The number of rotatable bonds is 9. The summed E-state index contributed by atoms with van der Waals surface area (Å²) in [6.45, 7) is 7.71. The van der Waals surface area contributed by atoms with Crippen LogP contribution in [0.25, 0.3) is 0 Å². The van der Waals surface area contributed by atoms with Gasteiger partial charge in [0.25, 0.3) is 0 Å². The first-order valence-electron chi connectivity index (χ1n) is 11.8. The molecule has 0 spiro atoms. The van der Waals surface area contributed by atoms with Crippen LogP contribution < -0.4 is 4.52 Å². The molecule has 176 valence electrons. The summed E-state index contributed by atoms with van der Waals surface area (Å²) in [5, 5.41) is 0.707. The number of fused-ring (bicyclic) bond motifs is 1. The predicted octanol–water partition coefficient (Wildman–Crippen LogP) is 6.01. The van der Waals surface area contributed by atoms with E-state index < -0.39 is 26.9 Å². The Hall–Kier alpha value is -1.41. The van der Waals surface area contributed by atoms with Crippen LogP contribution in [0.5, 0.6) is 5.06 Å². The highest BCUT2D eigenvalue weighted by Gasteiger charge is 2.35. The fraction of sp³-hybridized carbons (Fsp3) is 0.500. The van der Waals surface area contributed by atoms with Crippen LogP contribution in [0.1, 0.15) is 53.9 Å². The van der Waals surface area contributed by atoms with Crippen molar-refractivity contribution in [3.05, 3.63) is 51.4 Å². The topological polar surface area (TPSA) is 74.3 Å². The average Bonchev–Trinajstić information content (AvgIpc) is 3.07. The van der Waals surface area contributed by atoms with Crippen LogP contribution in [0.4, 0.5) is 0 Å². The molecular weight excluding hydrogens is 473 g/mol. The summed E-state index contributed by atoms with van der Waals surface area (Å²) in [5.74, 6) is -0.909. The molecule has 1 atom stereocenters. The van der Waals surface area contributed by atoms with E-state index in [-0.39, 0.29) is 12.2 Å². The second-order valence-corrected chi connectivity index (χ2v) is 10.9. The number of methoxy groups -OCH3 is 1. The molecule has 0 saturated carbocycles. The van der Waals surface area contributed by atoms with Crippen LogP contribution in [0.3, 0.4) is 0 Å². The van der Waals surface area contributed by atoms with Crippen LogP contribution in [-0.4, -0.2) is 36.7 Å². The van der Waals surface area contributed by atoms with E-state index in [0.717, 1.165) is 10.4 Å². The fourth-order valence-electron chi connectivity index (χ4n) is 3.51. The zero-order valence-electron chi connectivity index (χ0n) is 21.4. The molecule has 0 radical (unpaired) electrons. The molecule has 1 aliphatic heterocycles. The van der Waals surface area contributed by atoms with E-state index in [0.29, 0.717) is 35.2 Å². The first-order chi connectivity index (χ1) is 16.3. The van der Waals surface area contributed by atoms with E-state index in [1.165, 1.54) is 11.3 Å². The van der Waals surface area contributed by atoms with Gasteiger partial charge in [-0.15, -0.1) is 11.3 Å². The maximum Gasteiger partial charge on any atom is 0.531 e. The molecule has 0 aliphatic carbocycles. The SMILES string of the molecule is [2H]C([2H])([2H])OC(=O)[C@H](c1ccccc1Cl)N1CCc2sc(OP(=O)(OC(C)C)OC(C)C)cc2C1. The summed E-state index contributed by atoms with van der Waals surface area (Å²) < 4.78 is 56.6. The minimum Gasteiger partial charge on any atom is -0.468 e. The fourth-order valence-corrected chi connectivity index (χ4v) is 6.51. The predicted molar refractivity (Wildman–Crippen MR) is 125 cm³/mol. The molecule has 0 N–H and O–H groups in total. The Kier molecular flexibility index (Phi) is 7.06. The largest absolute Gasteiger partial charge is 0.531 e. The van der Waals surface area contributed by atoms with Gasteiger partial charge in [-0.25, -0.2) is 9.36 Å². The lowest BCUT2D eigenvalue weighted by molar-refractivity contribution is -0.147. The number of ether oxygens (including phenoxy) is 1. The van der Waals surface area contributed by atoms with Gasteiger partial charge in [0.15, 0.2) is 5.06 Å². The third-order valence-corrected chi connectivity index (χ3v) is 8.01. The van der Waals surface area contributed by atoms with Crippen LogP contribution in [0.15, 0.2) is 30.3 Å². The zero-order chi connectivity index (χ0) is 26.0. The number of phosphoric ester groups is 1. The number of thiophene rings is 1. The molecule has 0 fully saturated rings. The summed E-state index contributed by atoms with van der Waals surface area (Å²) >= 11 is 7.70. The zero-order valence-corrected chi connectivity index (χ0v) is 20.8. The summed E-state index contributed by atoms with van der Waals surface area (Å²) in [5.41, 5.74) is 1.31. The molecule has 3 rings (SSSR count). The lowest BCUT2D eigenvalue weighted by atomic mass is 10.0. The Labute approximate surface area is 202 Å².